The molecule has 0 spiro atoms. The van der Waals surface area contributed by atoms with Crippen LogP contribution in [0.4, 0.5) is 10.2 Å². The molecule has 2 saturated heterocycles. The second-order valence-electron chi connectivity index (χ2n) is 11.7. The summed E-state index contributed by atoms with van der Waals surface area (Å²) >= 11 is 0. The molecule has 1 saturated carbocycles. The Hall–Kier alpha value is -3.56. The van der Waals surface area contributed by atoms with Crippen LogP contribution >= 0.6 is 0 Å². The number of halogens is 1. The van der Waals surface area contributed by atoms with Gasteiger partial charge in [0, 0.05) is 36.9 Å². The van der Waals surface area contributed by atoms with Gasteiger partial charge in [-0.05, 0) is 73.4 Å². The van der Waals surface area contributed by atoms with Crippen molar-refractivity contribution in [3.05, 3.63) is 48.4 Å². The summed E-state index contributed by atoms with van der Waals surface area (Å²) in [6.07, 6.45) is 8.35. The Kier molecular flexibility index (Phi) is 6.64. The fourth-order valence-electron chi connectivity index (χ4n) is 6.94. The Morgan fingerprint density at radius 2 is 1.82 bits per heavy atom. The molecular formula is C31H35FN6O2. The summed E-state index contributed by atoms with van der Waals surface area (Å²) in [4.78, 5) is 16.3. The van der Waals surface area contributed by atoms with Crippen molar-refractivity contribution < 1.29 is 14.2 Å². The molecule has 0 radical (unpaired) electrons. The molecule has 2 aromatic carbocycles. The van der Waals surface area contributed by atoms with E-state index in [-0.39, 0.29) is 23.0 Å². The molecule has 2 aromatic heterocycles. The monoisotopic (exact) mass is 542 g/mol. The third-order valence-electron chi connectivity index (χ3n) is 8.93. The van der Waals surface area contributed by atoms with Gasteiger partial charge in [-0.25, -0.2) is 4.39 Å². The molecule has 9 heteroatoms. The lowest BCUT2D eigenvalue weighted by Gasteiger charge is -2.34. The van der Waals surface area contributed by atoms with Crippen molar-refractivity contribution in [3.8, 4) is 23.0 Å². The number of ether oxygens (including phenoxy) is 1. The van der Waals surface area contributed by atoms with Crippen molar-refractivity contribution in [2.75, 3.05) is 31.1 Å². The van der Waals surface area contributed by atoms with Crippen LogP contribution in [-0.4, -0.2) is 58.4 Å². The van der Waals surface area contributed by atoms with Gasteiger partial charge in [-0.1, -0.05) is 30.7 Å². The summed E-state index contributed by atoms with van der Waals surface area (Å²) in [7, 11) is 0. The number of benzene rings is 2. The van der Waals surface area contributed by atoms with Crippen LogP contribution in [0.15, 0.2) is 42.6 Å². The number of anilines is 1. The van der Waals surface area contributed by atoms with Crippen LogP contribution in [0.5, 0.6) is 11.8 Å². The number of piperazine rings is 1. The van der Waals surface area contributed by atoms with E-state index >= 15 is 4.39 Å². The number of aromatic hydroxyl groups is 1. The molecule has 2 aliphatic heterocycles. The Morgan fingerprint density at radius 3 is 2.65 bits per heavy atom. The van der Waals surface area contributed by atoms with E-state index in [9.17, 15) is 5.11 Å². The van der Waals surface area contributed by atoms with Gasteiger partial charge < -0.3 is 25.8 Å². The number of aromatic nitrogens is 3. The first kappa shape index (κ1) is 25.4. The van der Waals surface area contributed by atoms with Gasteiger partial charge in [-0.15, -0.1) is 0 Å². The highest BCUT2D eigenvalue weighted by Gasteiger charge is 2.34. The van der Waals surface area contributed by atoms with E-state index < -0.39 is 5.82 Å². The van der Waals surface area contributed by atoms with Crippen molar-refractivity contribution in [2.45, 2.75) is 50.6 Å². The molecule has 8 nitrogen and oxygen atoms in total. The maximum Gasteiger partial charge on any atom is 0.319 e. The number of phenols is 1. The number of nitrogens with two attached hydrogens (primary N) is 1. The van der Waals surface area contributed by atoms with Gasteiger partial charge in [0.15, 0.2) is 5.82 Å². The highest BCUT2D eigenvalue weighted by molar-refractivity contribution is 5.99. The van der Waals surface area contributed by atoms with Crippen molar-refractivity contribution in [1.82, 2.24) is 20.3 Å². The predicted octanol–water partition coefficient (Wildman–Crippen LogP) is 4.77. The minimum absolute atomic E-state index is 0.0574. The molecule has 2 bridgehead atoms. The van der Waals surface area contributed by atoms with Crippen molar-refractivity contribution in [2.24, 2.45) is 17.6 Å². The summed E-state index contributed by atoms with van der Waals surface area (Å²) in [6.45, 7) is 2.78. The number of hydrogen-bond donors (Lipinski definition) is 3. The summed E-state index contributed by atoms with van der Waals surface area (Å²) in [6, 6.07) is 11.8. The second-order valence-corrected chi connectivity index (χ2v) is 11.7. The number of nitrogens with one attached hydrogen (secondary N) is 1. The average molecular weight is 543 g/mol. The first-order valence-corrected chi connectivity index (χ1v) is 14.5. The molecule has 4 N–H and O–H groups in total. The van der Waals surface area contributed by atoms with Gasteiger partial charge in [0.25, 0.3) is 0 Å². The zero-order valence-electron chi connectivity index (χ0n) is 22.5. The molecule has 0 amide bonds. The van der Waals surface area contributed by atoms with Gasteiger partial charge in [0.05, 0.1) is 12.0 Å². The summed E-state index contributed by atoms with van der Waals surface area (Å²) in [5, 5.41) is 16.2. The lowest BCUT2D eigenvalue weighted by Crippen LogP contribution is -2.51. The number of hydrogen-bond acceptors (Lipinski definition) is 8. The van der Waals surface area contributed by atoms with Crippen LogP contribution in [-0.2, 0) is 0 Å². The largest absolute Gasteiger partial charge is 0.508 e. The van der Waals surface area contributed by atoms with Crippen LogP contribution in [0.2, 0.25) is 0 Å². The van der Waals surface area contributed by atoms with Gasteiger partial charge in [0.2, 0.25) is 0 Å². The van der Waals surface area contributed by atoms with Crippen LogP contribution in [0.25, 0.3) is 32.9 Å². The topological polar surface area (TPSA) is 109 Å². The molecule has 4 atom stereocenters. The van der Waals surface area contributed by atoms with Gasteiger partial charge in [-0.2, -0.15) is 9.97 Å². The van der Waals surface area contributed by atoms with Crippen molar-refractivity contribution in [3.63, 3.8) is 0 Å². The van der Waals surface area contributed by atoms with E-state index in [1.54, 1.807) is 18.3 Å². The third kappa shape index (κ3) is 4.71. The Morgan fingerprint density at radius 1 is 1.02 bits per heavy atom. The van der Waals surface area contributed by atoms with E-state index in [1.807, 2.05) is 24.3 Å². The lowest BCUT2D eigenvalue weighted by atomic mass is 9.82. The van der Waals surface area contributed by atoms with E-state index in [1.165, 1.54) is 6.42 Å². The van der Waals surface area contributed by atoms with Crippen LogP contribution < -0.4 is 20.7 Å². The average Bonchev–Trinajstić information content (AvgIpc) is 3.32. The summed E-state index contributed by atoms with van der Waals surface area (Å²) in [5.41, 5.74) is 6.80. The molecule has 4 aromatic rings. The quantitative estimate of drug-likeness (QED) is 0.320. The SMILES string of the molecule is NCC1CCC[C@H](COc2nc(N3CC4CCC(C3)N4)c3cnc(-c4cc(O)cc5ccccc45)c(F)c3n2)C1. The maximum atomic E-state index is 16.5. The molecule has 7 rings (SSSR count). The fourth-order valence-corrected chi connectivity index (χ4v) is 6.94. The molecule has 4 heterocycles. The highest BCUT2D eigenvalue weighted by Crippen LogP contribution is 2.38. The predicted molar refractivity (Wildman–Crippen MR) is 154 cm³/mol. The minimum atomic E-state index is -0.541. The summed E-state index contributed by atoms with van der Waals surface area (Å²) in [5.74, 6) is 1.09. The first-order chi connectivity index (χ1) is 19.6. The van der Waals surface area contributed by atoms with Gasteiger partial charge in [-0.3, -0.25) is 4.98 Å². The van der Waals surface area contributed by atoms with Crippen molar-refractivity contribution >= 4 is 27.5 Å². The molecule has 1 aliphatic carbocycles. The van der Waals surface area contributed by atoms with E-state index in [0.717, 1.165) is 56.0 Å². The molecular weight excluding hydrogens is 507 g/mol. The normalized spacial score (nSPS) is 24.6. The van der Waals surface area contributed by atoms with Crippen LogP contribution in [0, 0.1) is 17.7 Å². The Labute approximate surface area is 232 Å². The number of fused-ring (bicyclic) bond motifs is 4. The van der Waals surface area contributed by atoms with E-state index in [0.29, 0.717) is 53.8 Å². The number of nitrogens with zero attached hydrogens (tertiary/aromatic N) is 4. The molecule has 3 aliphatic rings. The standard InChI is InChI=1S/C31H35FN6O2/c32-27-28(25-12-23(39)11-20-6-1-2-7-24(20)25)34-14-26-29(27)36-31(40-17-19-5-3-4-18(10-19)13-33)37-30(26)38-15-21-8-9-22(16-38)35-21/h1-2,6-7,11-12,14,18-19,21-22,35,39H,3-5,8-10,13,15-17,33H2/t18?,19-,21?,22?/m0/s1. The second kappa shape index (κ2) is 10.4. The van der Waals surface area contributed by atoms with Crippen LogP contribution in [0.1, 0.15) is 38.5 Å². The lowest BCUT2D eigenvalue weighted by molar-refractivity contribution is 0.169. The zero-order chi connectivity index (χ0) is 27.2. The van der Waals surface area contributed by atoms with E-state index in [4.69, 9.17) is 15.5 Å². The Bertz CT molecular complexity index is 1550. The number of phenolic OH excluding ortho intramolecular Hbond substituents is 1. The number of rotatable bonds is 6. The summed E-state index contributed by atoms with van der Waals surface area (Å²) < 4.78 is 22.7. The Balaban J connectivity index is 1.31. The van der Waals surface area contributed by atoms with E-state index in [2.05, 4.69) is 20.2 Å². The highest BCUT2D eigenvalue weighted by atomic mass is 19.1. The third-order valence-corrected chi connectivity index (χ3v) is 8.93. The fraction of sp³-hybridized carbons (Fsp3) is 0.452. The maximum absolute atomic E-state index is 16.5. The minimum Gasteiger partial charge on any atom is -0.508 e. The molecule has 3 unspecified atom stereocenters. The smallest absolute Gasteiger partial charge is 0.319 e. The van der Waals surface area contributed by atoms with Crippen molar-refractivity contribution in [1.29, 1.82) is 0 Å². The van der Waals surface area contributed by atoms with Gasteiger partial charge in [0.1, 0.15) is 22.8 Å². The molecule has 3 fully saturated rings. The molecule has 40 heavy (non-hydrogen) atoms. The first-order valence-electron chi connectivity index (χ1n) is 14.5. The van der Waals surface area contributed by atoms with Crippen LogP contribution in [0.3, 0.4) is 0 Å². The molecule has 208 valence electrons. The number of pyridine rings is 1. The zero-order valence-corrected chi connectivity index (χ0v) is 22.5. The van der Waals surface area contributed by atoms with Gasteiger partial charge >= 0.3 is 6.01 Å².